The second-order valence-electron chi connectivity index (χ2n) is 2.55. The van der Waals surface area contributed by atoms with Crippen LogP contribution in [0.5, 0.6) is 0 Å². The molecule has 0 aliphatic carbocycles. The third-order valence-electron chi connectivity index (χ3n) is 1.58. The molecular formula is C9H17I. The summed E-state index contributed by atoms with van der Waals surface area (Å²) in [5.41, 5.74) is 0. The van der Waals surface area contributed by atoms with Crippen LogP contribution in [0.3, 0.4) is 0 Å². The zero-order valence-corrected chi connectivity index (χ0v) is 9.15. The summed E-state index contributed by atoms with van der Waals surface area (Å²) in [7, 11) is 0. The molecule has 0 aromatic carbocycles. The fraction of sp³-hybridized carbons (Fsp3) is 0.778. The second-order valence-corrected chi connectivity index (χ2v) is 3.93. The van der Waals surface area contributed by atoms with Crippen LogP contribution in [0, 0.1) is 0 Å². The van der Waals surface area contributed by atoms with E-state index >= 15 is 0 Å². The number of rotatable bonds is 5. The Balaban J connectivity index is 3.04. The summed E-state index contributed by atoms with van der Waals surface area (Å²) in [4.78, 5) is 0. The highest BCUT2D eigenvalue weighted by molar-refractivity contribution is 14.1. The van der Waals surface area contributed by atoms with Gasteiger partial charge < -0.3 is 0 Å². The van der Waals surface area contributed by atoms with Crippen LogP contribution < -0.4 is 0 Å². The normalized spacial score (nSPS) is 12.1. The first kappa shape index (κ1) is 10.5. The zero-order chi connectivity index (χ0) is 7.82. The number of halogens is 1. The van der Waals surface area contributed by atoms with Gasteiger partial charge in [-0.05, 0) is 45.9 Å². The highest BCUT2D eigenvalue weighted by atomic mass is 127. The number of unbranched alkanes of at least 4 members (excludes halogenated alkanes) is 3. The van der Waals surface area contributed by atoms with E-state index in [0.717, 1.165) is 0 Å². The van der Waals surface area contributed by atoms with Crippen LogP contribution >= 0.6 is 22.6 Å². The van der Waals surface area contributed by atoms with Gasteiger partial charge in [-0.3, -0.25) is 0 Å². The van der Waals surface area contributed by atoms with Gasteiger partial charge in [0, 0.05) is 0 Å². The van der Waals surface area contributed by atoms with Gasteiger partial charge in [0.25, 0.3) is 0 Å². The van der Waals surface area contributed by atoms with E-state index in [1.807, 2.05) is 0 Å². The molecule has 0 radical (unpaired) electrons. The van der Waals surface area contributed by atoms with E-state index in [1.165, 1.54) is 35.7 Å². The van der Waals surface area contributed by atoms with Gasteiger partial charge >= 0.3 is 0 Å². The van der Waals surface area contributed by atoms with E-state index in [9.17, 15) is 0 Å². The van der Waals surface area contributed by atoms with Crippen molar-refractivity contribution in [3.63, 3.8) is 0 Å². The summed E-state index contributed by atoms with van der Waals surface area (Å²) in [5.74, 6) is 0. The first-order chi connectivity index (χ1) is 4.81. The lowest BCUT2D eigenvalue weighted by molar-refractivity contribution is 0.673. The van der Waals surface area contributed by atoms with Crippen molar-refractivity contribution in [1.29, 1.82) is 0 Å². The molecule has 0 rings (SSSR count). The summed E-state index contributed by atoms with van der Waals surface area (Å²) < 4.78 is 1.51. The summed E-state index contributed by atoms with van der Waals surface area (Å²) in [6.45, 7) is 4.36. The molecule has 0 amide bonds. The van der Waals surface area contributed by atoms with E-state index in [0.29, 0.717) is 0 Å². The average Bonchev–Trinajstić information content (AvgIpc) is 1.98. The third kappa shape index (κ3) is 6.59. The number of hydrogen-bond donors (Lipinski definition) is 0. The summed E-state index contributed by atoms with van der Waals surface area (Å²) >= 11 is 2.42. The van der Waals surface area contributed by atoms with Crippen LogP contribution in [0.15, 0.2) is 9.66 Å². The van der Waals surface area contributed by atoms with Crippen LogP contribution in [0.2, 0.25) is 0 Å². The maximum atomic E-state index is 2.42. The molecular weight excluding hydrogens is 235 g/mol. The van der Waals surface area contributed by atoms with E-state index in [2.05, 4.69) is 42.5 Å². The van der Waals surface area contributed by atoms with Crippen molar-refractivity contribution < 1.29 is 0 Å². The van der Waals surface area contributed by atoms with Crippen LogP contribution in [0.4, 0.5) is 0 Å². The number of hydrogen-bond acceptors (Lipinski definition) is 0. The molecule has 0 aromatic rings. The molecule has 0 N–H and O–H groups in total. The zero-order valence-electron chi connectivity index (χ0n) is 6.99. The maximum Gasteiger partial charge on any atom is -0.0137 e. The molecule has 0 aliphatic rings. The van der Waals surface area contributed by atoms with E-state index in [1.54, 1.807) is 0 Å². The molecule has 0 aliphatic heterocycles. The number of allylic oxidation sites excluding steroid dienone is 2. The van der Waals surface area contributed by atoms with Gasteiger partial charge in [0.2, 0.25) is 0 Å². The predicted octanol–water partition coefficient (Wildman–Crippen LogP) is 4.30. The Bertz CT molecular complexity index is 94.9. The molecule has 0 heterocycles. The third-order valence-corrected chi connectivity index (χ3v) is 2.74. The van der Waals surface area contributed by atoms with Gasteiger partial charge in [0.05, 0.1) is 0 Å². The van der Waals surface area contributed by atoms with E-state index < -0.39 is 0 Å². The van der Waals surface area contributed by atoms with Crippen molar-refractivity contribution in [2.24, 2.45) is 0 Å². The molecule has 0 unspecified atom stereocenters. The Kier molecular flexibility index (Phi) is 7.93. The Hall–Kier alpha value is 0.470. The van der Waals surface area contributed by atoms with Crippen molar-refractivity contribution in [3.05, 3.63) is 9.66 Å². The van der Waals surface area contributed by atoms with Crippen molar-refractivity contribution in [2.45, 2.75) is 46.0 Å². The first-order valence-corrected chi connectivity index (χ1v) is 5.19. The lowest BCUT2D eigenvalue weighted by Gasteiger charge is -1.97. The molecule has 0 aromatic heterocycles. The van der Waals surface area contributed by atoms with Crippen LogP contribution in [0.25, 0.3) is 0 Å². The summed E-state index contributed by atoms with van der Waals surface area (Å²) in [6.07, 6.45) is 9.00. The lowest BCUT2D eigenvalue weighted by atomic mass is 10.1. The fourth-order valence-corrected chi connectivity index (χ4v) is 1.25. The molecule has 0 bridgehead atoms. The minimum absolute atomic E-state index is 1.29. The molecule has 10 heavy (non-hydrogen) atoms. The smallest absolute Gasteiger partial charge is 0.0137 e. The van der Waals surface area contributed by atoms with Gasteiger partial charge in [-0.2, -0.15) is 0 Å². The topological polar surface area (TPSA) is 0 Å². The highest BCUT2D eigenvalue weighted by Gasteiger charge is 1.89. The highest BCUT2D eigenvalue weighted by Crippen LogP contribution is 2.15. The molecule has 0 fully saturated rings. The lowest BCUT2D eigenvalue weighted by Crippen LogP contribution is -1.76. The summed E-state index contributed by atoms with van der Waals surface area (Å²) in [5, 5.41) is 0. The molecule has 60 valence electrons. The van der Waals surface area contributed by atoms with Crippen molar-refractivity contribution in [1.82, 2.24) is 0 Å². The minimum atomic E-state index is 1.29. The molecule has 0 spiro atoms. The van der Waals surface area contributed by atoms with Crippen LogP contribution in [-0.4, -0.2) is 0 Å². The largest absolute Gasteiger partial charge is 0.0784 e. The molecule has 0 saturated heterocycles. The molecule has 1 heteroatoms. The van der Waals surface area contributed by atoms with Crippen LogP contribution in [0.1, 0.15) is 46.0 Å². The van der Waals surface area contributed by atoms with Crippen molar-refractivity contribution >= 4 is 22.6 Å². The average molecular weight is 252 g/mol. The van der Waals surface area contributed by atoms with E-state index in [4.69, 9.17) is 0 Å². The fourth-order valence-electron chi connectivity index (χ4n) is 0.865. The van der Waals surface area contributed by atoms with Crippen LogP contribution in [-0.2, 0) is 0 Å². The quantitative estimate of drug-likeness (QED) is 0.505. The van der Waals surface area contributed by atoms with Gasteiger partial charge in [-0.1, -0.05) is 32.3 Å². The SMILES string of the molecule is C/C=C(\I)CCCCCC. The Morgan fingerprint density at radius 3 is 2.50 bits per heavy atom. The molecule has 0 saturated carbocycles. The maximum absolute atomic E-state index is 2.42. The Labute approximate surface area is 78.2 Å². The standard InChI is InChI=1S/C9H17I/c1-3-5-6-7-8-9(10)4-2/h4H,3,5-8H2,1-2H3/b9-4-. The van der Waals surface area contributed by atoms with Crippen molar-refractivity contribution in [3.8, 4) is 0 Å². The van der Waals surface area contributed by atoms with Gasteiger partial charge in [-0.15, -0.1) is 0 Å². The van der Waals surface area contributed by atoms with E-state index in [-0.39, 0.29) is 0 Å². The Morgan fingerprint density at radius 1 is 1.30 bits per heavy atom. The minimum Gasteiger partial charge on any atom is -0.0784 e. The van der Waals surface area contributed by atoms with Gasteiger partial charge in [-0.25, -0.2) is 0 Å². The predicted molar refractivity (Wildman–Crippen MR) is 56.5 cm³/mol. The second kappa shape index (κ2) is 7.58. The van der Waals surface area contributed by atoms with Gasteiger partial charge in [0.15, 0.2) is 0 Å². The van der Waals surface area contributed by atoms with Crippen molar-refractivity contribution in [2.75, 3.05) is 0 Å². The molecule has 0 atom stereocenters. The monoisotopic (exact) mass is 252 g/mol. The first-order valence-electron chi connectivity index (χ1n) is 4.12. The van der Waals surface area contributed by atoms with Gasteiger partial charge in [0.1, 0.15) is 0 Å². The Morgan fingerprint density at radius 2 is 2.00 bits per heavy atom. The molecule has 0 nitrogen and oxygen atoms in total. The summed E-state index contributed by atoms with van der Waals surface area (Å²) in [6, 6.07) is 0.